The minimum atomic E-state index is -0.812. The van der Waals surface area contributed by atoms with Crippen molar-refractivity contribution in [2.75, 3.05) is 13.1 Å². The number of nitrogens with zero attached hydrogens (tertiary/aromatic N) is 1. The maximum absolute atomic E-state index is 11.5. The molecule has 5 N–H and O–H groups in total. The van der Waals surface area contributed by atoms with Crippen LogP contribution in [-0.2, 0) is 4.79 Å². The molecule has 2 unspecified atom stereocenters. The predicted molar refractivity (Wildman–Crippen MR) is 63.2 cm³/mol. The van der Waals surface area contributed by atoms with Crippen LogP contribution >= 0.6 is 12.4 Å². The molecule has 0 aromatic rings. The summed E-state index contributed by atoms with van der Waals surface area (Å²) in [6, 6.07) is -1.06. The van der Waals surface area contributed by atoms with Gasteiger partial charge >= 0.3 is 6.03 Å². The van der Waals surface area contributed by atoms with E-state index in [0.717, 1.165) is 19.4 Å². The van der Waals surface area contributed by atoms with E-state index in [1.54, 1.807) is 6.92 Å². The summed E-state index contributed by atoms with van der Waals surface area (Å²) in [5.41, 5.74) is 10.7. The molecule has 6 nitrogen and oxygen atoms in total. The number of carbonyl (C=O) groups excluding carboxylic acids is 2. The Morgan fingerprint density at radius 1 is 1.50 bits per heavy atom. The Balaban J connectivity index is 0.00000225. The second-order valence-electron chi connectivity index (χ2n) is 3.93. The zero-order chi connectivity index (χ0) is 11.4. The third-order valence-electron chi connectivity index (χ3n) is 2.66. The Labute approximate surface area is 101 Å². The van der Waals surface area contributed by atoms with Crippen LogP contribution < -0.4 is 16.8 Å². The number of urea groups is 1. The fraction of sp³-hybridized carbons (Fsp3) is 0.778. The van der Waals surface area contributed by atoms with Gasteiger partial charge in [-0.25, -0.2) is 4.79 Å². The highest BCUT2D eigenvalue weighted by atomic mass is 35.5. The number of hydrogen-bond acceptors (Lipinski definition) is 4. The van der Waals surface area contributed by atoms with Gasteiger partial charge in [-0.1, -0.05) is 0 Å². The van der Waals surface area contributed by atoms with E-state index in [4.69, 9.17) is 11.5 Å². The van der Waals surface area contributed by atoms with E-state index >= 15 is 0 Å². The molecule has 2 atom stereocenters. The van der Waals surface area contributed by atoms with Gasteiger partial charge in [-0.2, -0.15) is 0 Å². The van der Waals surface area contributed by atoms with Crippen LogP contribution in [0.3, 0.4) is 0 Å². The van der Waals surface area contributed by atoms with Crippen molar-refractivity contribution in [2.45, 2.75) is 31.8 Å². The molecule has 0 spiro atoms. The first-order chi connectivity index (χ1) is 7.00. The van der Waals surface area contributed by atoms with E-state index in [1.165, 1.54) is 0 Å². The van der Waals surface area contributed by atoms with Crippen LogP contribution in [0.15, 0.2) is 0 Å². The molecule has 3 amide bonds. The summed E-state index contributed by atoms with van der Waals surface area (Å²) in [6.07, 6.45) is 1.97. The molecule has 0 saturated carbocycles. The van der Waals surface area contributed by atoms with Crippen molar-refractivity contribution in [1.82, 2.24) is 10.2 Å². The molecule has 1 rings (SSSR count). The highest BCUT2D eigenvalue weighted by Crippen LogP contribution is 2.11. The number of rotatable bonds is 2. The molecule has 1 saturated heterocycles. The number of nitrogens with two attached hydrogens (primary N) is 2. The predicted octanol–water partition coefficient (Wildman–Crippen LogP) is -0.585. The van der Waals surface area contributed by atoms with Crippen LogP contribution in [0, 0.1) is 0 Å². The number of nitrogens with one attached hydrogen (secondary N) is 1. The largest absolute Gasteiger partial charge is 0.351 e. The number of primary amides is 1. The average Bonchev–Trinajstić information content (AvgIpc) is 2.15. The second kappa shape index (κ2) is 6.67. The van der Waals surface area contributed by atoms with Crippen molar-refractivity contribution < 1.29 is 9.59 Å². The van der Waals surface area contributed by atoms with Gasteiger partial charge in [-0.15, -0.1) is 12.4 Å². The highest BCUT2D eigenvalue weighted by Gasteiger charge is 2.26. The number of amides is 3. The maximum Gasteiger partial charge on any atom is 0.318 e. The van der Waals surface area contributed by atoms with E-state index in [9.17, 15) is 9.59 Å². The number of carbonyl (C=O) groups is 2. The van der Waals surface area contributed by atoms with Crippen molar-refractivity contribution >= 4 is 24.3 Å². The minimum Gasteiger partial charge on any atom is -0.351 e. The standard InChI is InChI=1S/C9H18N4O2.ClH/c1-6(8(14)12-9(11)15)13-4-2-3-7(10)5-13;/h6-7H,2-5,10H2,1H3,(H3,11,12,14,15);1H. The van der Waals surface area contributed by atoms with Crippen LogP contribution in [0.25, 0.3) is 0 Å². The van der Waals surface area contributed by atoms with E-state index in [-0.39, 0.29) is 30.4 Å². The van der Waals surface area contributed by atoms with Gasteiger partial charge in [0.15, 0.2) is 0 Å². The third kappa shape index (κ3) is 4.34. The Hall–Kier alpha value is -0.850. The first-order valence-corrected chi connectivity index (χ1v) is 5.10. The molecule has 1 fully saturated rings. The van der Waals surface area contributed by atoms with Crippen LogP contribution in [0.4, 0.5) is 4.79 Å². The molecule has 1 aliphatic heterocycles. The topological polar surface area (TPSA) is 101 Å². The minimum absolute atomic E-state index is 0. The molecule has 1 heterocycles. The lowest BCUT2D eigenvalue weighted by molar-refractivity contribution is -0.125. The van der Waals surface area contributed by atoms with Gasteiger partial charge in [-0.05, 0) is 26.3 Å². The van der Waals surface area contributed by atoms with E-state index in [2.05, 4.69) is 5.32 Å². The summed E-state index contributed by atoms with van der Waals surface area (Å²) in [7, 11) is 0. The first kappa shape index (κ1) is 15.2. The van der Waals surface area contributed by atoms with Gasteiger partial charge in [0.2, 0.25) is 5.91 Å². The van der Waals surface area contributed by atoms with Crippen molar-refractivity contribution in [3.05, 3.63) is 0 Å². The van der Waals surface area contributed by atoms with Gasteiger partial charge in [0.1, 0.15) is 0 Å². The number of imide groups is 1. The molecular weight excluding hydrogens is 232 g/mol. The fourth-order valence-electron chi connectivity index (χ4n) is 1.78. The lowest BCUT2D eigenvalue weighted by atomic mass is 10.0. The zero-order valence-corrected chi connectivity index (χ0v) is 10.1. The van der Waals surface area contributed by atoms with Crippen molar-refractivity contribution in [1.29, 1.82) is 0 Å². The number of likely N-dealkylation sites (tertiary alicyclic amines) is 1. The summed E-state index contributed by atoms with van der Waals surface area (Å²) in [5, 5.41) is 2.07. The normalized spacial score (nSPS) is 23.0. The quantitative estimate of drug-likeness (QED) is 0.610. The Morgan fingerprint density at radius 3 is 2.62 bits per heavy atom. The monoisotopic (exact) mass is 250 g/mol. The van der Waals surface area contributed by atoms with Crippen molar-refractivity contribution in [3.63, 3.8) is 0 Å². The smallest absolute Gasteiger partial charge is 0.318 e. The lowest BCUT2D eigenvalue weighted by Gasteiger charge is -2.34. The maximum atomic E-state index is 11.5. The summed E-state index contributed by atoms with van der Waals surface area (Å²) in [4.78, 5) is 23.9. The van der Waals surface area contributed by atoms with Gasteiger partial charge in [0, 0.05) is 12.6 Å². The van der Waals surface area contributed by atoms with Gasteiger partial charge in [0.25, 0.3) is 0 Å². The Morgan fingerprint density at radius 2 is 2.12 bits per heavy atom. The Bertz CT molecular complexity index is 262. The average molecular weight is 251 g/mol. The third-order valence-corrected chi connectivity index (χ3v) is 2.66. The lowest BCUT2D eigenvalue weighted by Crippen LogP contribution is -2.53. The van der Waals surface area contributed by atoms with Gasteiger partial charge in [-0.3, -0.25) is 15.0 Å². The summed E-state index contributed by atoms with van der Waals surface area (Å²) >= 11 is 0. The summed E-state index contributed by atoms with van der Waals surface area (Å²) in [6.45, 7) is 3.27. The molecule has 0 aromatic heterocycles. The number of hydrogen-bond donors (Lipinski definition) is 3. The first-order valence-electron chi connectivity index (χ1n) is 5.10. The SMILES string of the molecule is CC(C(=O)NC(N)=O)N1CCCC(N)C1.Cl. The molecule has 0 aromatic carbocycles. The van der Waals surface area contributed by atoms with Crippen molar-refractivity contribution in [2.24, 2.45) is 11.5 Å². The second-order valence-corrected chi connectivity index (χ2v) is 3.93. The van der Waals surface area contributed by atoms with Gasteiger partial charge in [0.05, 0.1) is 6.04 Å². The molecule has 16 heavy (non-hydrogen) atoms. The van der Waals surface area contributed by atoms with Crippen LogP contribution in [0.5, 0.6) is 0 Å². The van der Waals surface area contributed by atoms with Crippen LogP contribution in [0.1, 0.15) is 19.8 Å². The molecule has 0 bridgehead atoms. The van der Waals surface area contributed by atoms with Crippen LogP contribution in [-0.4, -0.2) is 42.0 Å². The fourth-order valence-corrected chi connectivity index (χ4v) is 1.78. The van der Waals surface area contributed by atoms with E-state index in [0.29, 0.717) is 6.54 Å². The molecule has 7 heteroatoms. The number of halogens is 1. The molecular formula is C9H19ClN4O2. The van der Waals surface area contributed by atoms with E-state index in [1.807, 2.05) is 4.90 Å². The van der Waals surface area contributed by atoms with E-state index < -0.39 is 6.03 Å². The van der Waals surface area contributed by atoms with Crippen molar-refractivity contribution in [3.8, 4) is 0 Å². The van der Waals surface area contributed by atoms with Gasteiger partial charge < -0.3 is 11.5 Å². The highest BCUT2D eigenvalue weighted by molar-refractivity contribution is 5.96. The Kier molecular flexibility index (Phi) is 6.32. The zero-order valence-electron chi connectivity index (χ0n) is 9.31. The summed E-state index contributed by atoms with van der Waals surface area (Å²) in [5.74, 6) is -0.364. The molecule has 1 aliphatic rings. The molecule has 0 radical (unpaired) electrons. The molecule has 0 aliphatic carbocycles. The summed E-state index contributed by atoms with van der Waals surface area (Å²) < 4.78 is 0. The molecule has 94 valence electrons. The van der Waals surface area contributed by atoms with Crippen LogP contribution in [0.2, 0.25) is 0 Å². The number of piperidine rings is 1.